The van der Waals surface area contributed by atoms with Crippen LogP contribution in [-0.4, -0.2) is 25.3 Å². The highest BCUT2D eigenvalue weighted by Crippen LogP contribution is 2.08. The number of hydrogen-bond donors (Lipinski definition) is 1. The van der Waals surface area contributed by atoms with Crippen LogP contribution in [0.2, 0.25) is 0 Å². The van der Waals surface area contributed by atoms with Gasteiger partial charge in [0.2, 0.25) is 0 Å². The number of aromatic nitrogens is 2. The standard InChI is InChI=1S/C6H11N3O3S/c1-9-6(13(7,10)11)3-5(8-9)4-12-2/h3H,4H2,1-2H3,(H2,7,10,11). The van der Waals surface area contributed by atoms with Crippen molar-refractivity contribution in [2.75, 3.05) is 7.11 Å². The highest BCUT2D eigenvalue weighted by Gasteiger charge is 2.14. The van der Waals surface area contributed by atoms with E-state index in [1.165, 1.54) is 24.9 Å². The fourth-order valence-electron chi connectivity index (χ4n) is 0.991. The third-order valence-corrected chi connectivity index (χ3v) is 2.44. The molecule has 0 radical (unpaired) electrons. The van der Waals surface area contributed by atoms with E-state index in [9.17, 15) is 8.42 Å². The van der Waals surface area contributed by atoms with Crippen LogP contribution < -0.4 is 5.14 Å². The molecule has 6 nitrogen and oxygen atoms in total. The Morgan fingerprint density at radius 1 is 1.69 bits per heavy atom. The van der Waals surface area contributed by atoms with Crippen molar-refractivity contribution in [2.24, 2.45) is 12.2 Å². The average Bonchev–Trinajstić information content (AvgIpc) is 2.30. The molecule has 1 heterocycles. The summed E-state index contributed by atoms with van der Waals surface area (Å²) in [5.74, 6) is 0. The highest BCUT2D eigenvalue weighted by atomic mass is 32.2. The molecular weight excluding hydrogens is 194 g/mol. The van der Waals surface area contributed by atoms with E-state index in [-0.39, 0.29) is 11.6 Å². The van der Waals surface area contributed by atoms with E-state index >= 15 is 0 Å². The summed E-state index contributed by atoms with van der Waals surface area (Å²) in [6.45, 7) is 0.267. The molecule has 0 atom stereocenters. The number of nitrogens with zero attached hydrogens (tertiary/aromatic N) is 2. The average molecular weight is 205 g/mol. The lowest BCUT2D eigenvalue weighted by atomic mass is 10.5. The summed E-state index contributed by atoms with van der Waals surface area (Å²) in [7, 11) is -0.668. The molecule has 0 aromatic carbocycles. The van der Waals surface area contributed by atoms with E-state index < -0.39 is 10.0 Å². The van der Waals surface area contributed by atoms with Crippen LogP contribution in [0, 0.1) is 0 Å². The molecule has 13 heavy (non-hydrogen) atoms. The molecule has 0 fully saturated rings. The Morgan fingerprint density at radius 2 is 2.31 bits per heavy atom. The molecule has 1 rings (SSSR count). The van der Waals surface area contributed by atoms with Gasteiger partial charge in [0.05, 0.1) is 12.3 Å². The largest absolute Gasteiger partial charge is 0.378 e. The van der Waals surface area contributed by atoms with Crippen LogP contribution in [0.5, 0.6) is 0 Å². The first-order chi connectivity index (χ1) is 5.95. The zero-order valence-corrected chi connectivity index (χ0v) is 8.21. The van der Waals surface area contributed by atoms with Crippen molar-refractivity contribution in [1.82, 2.24) is 9.78 Å². The third-order valence-electron chi connectivity index (χ3n) is 1.47. The van der Waals surface area contributed by atoms with Crippen molar-refractivity contribution in [3.8, 4) is 0 Å². The fourth-order valence-corrected chi connectivity index (χ4v) is 1.70. The molecule has 0 unspecified atom stereocenters. The smallest absolute Gasteiger partial charge is 0.255 e. The number of hydrogen-bond acceptors (Lipinski definition) is 4. The minimum atomic E-state index is -3.69. The van der Waals surface area contributed by atoms with Gasteiger partial charge >= 0.3 is 0 Å². The van der Waals surface area contributed by atoms with E-state index in [2.05, 4.69) is 5.10 Å². The van der Waals surface area contributed by atoms with Gasteiger partial charge < -0.3 is 4.74 Å². The summed E-state index contributed by atoms with van der Waals surface area (Å²) in [5, 5.41) is 8.82. The number of ether oxygens (including phenoxy) is 1. The Kier molecular flexibility index (Phi) is 2.69. The topological polar surface area (TPSA) is 87.2 Å². The second kappa shape index (κ2) is 3.44. The van der Waals surface area contributed by atoms with Crippen LogP contribution in [0.25, 0.3) is 0 Å². The monoisotopic (exact) mass is 205 g/mol. The van der Waals surface area contributed by atoms with Crippen LogP contribution in [0.1, 0.15) is 5.69 Å². The molecule has 1 aromatic heterocycles. The van der Waals surface area contributed by atoms with Gasteiger partial charge in [-0.1, -0.05) is 0 Å². The van der Waals surface area contributed by atoms with Crippen LogP contribution in [-0.2, 0) is 28.4 Å². The van der Waals surface area contributed by atoms with Gasteiger partial charge in [0.1, 0.15) is 0 Å². The van der Waals surface area contributed by atoms with Crippen molar-refractivity contribution in [3.63, 3.8) is 0 Å². The summed E-state index contributed by atoms with van der Waals surface area (Å²) < 4.78 is 27.9. The zero-order chi connectivity index (χ0) is 10.1. The minimum absolute atomic E-state index is 0.0143. The normalized spacial score (nSPS) is 11.9. The molecule has 7 heteroatoms. The molecule has 0 saturated carbocycles. The van der Waals surface area contributed by atoms with Crippen molar-refractivity contribution in [3.05, 3.63) is 11.8 Å². The molecule has 0 aliphatic heterocycles. The summed E-state index contributed by atoms with van der Waals surface area (Å²) in [5.41, 5.74) is 0.536. The lowest BCUT2D eigenvalue weighted by Gasteiger charge is -1.95. The lowest BCUT2D eigenvalue weighted by molar-refractivity contribution is 0.181. The number of nitrogens with two attached hydrogens (primary N) is 1. The molecule has 2 N–H and O–H groups in total. The van der Waals surface area contributed by atoms with Gasteiger partial charge in [-0.05, 0) is 0 Å². The minimum Gasteiger partial charge on any atom is -0.378 e. The van der Waals surface area contributed by atoms with Crippen LogP contribution >= 0.6 is 0 Å². The van der Waals surface area contributed by atoms with Crippen molar-refractivity contribution in [2.45, 2.75) is 11.6 Å². The van der Waals surface area contributed by atoms with Gasteiger partial charge in [-0.25, -0.2) is 13.6 Å². The number of rotatable bonds is 3. The second-order valence-electron chi connectivity index (χ2n) is 2.58. The zero-order valence-electron chi connectivity index (χ0n) is 7.39. The first-order valence-corrected chi connectivity index (χ1v) is 5.04. The van der Waals surface area contributed by atoms with Gasteiger partial charge in [0.25, 0.3) is 10.0 Å². The molecule has 0 bridgehead atoms. The number of methoxy groups -OCH3 is 1. The molecule has 0 aliphatic carbocycles. The SMILES string of the molecule is COCc1cc(S(N)(=O)=O)n(C)n1. The van der Waals surface area contributed by atoms with Gasteiger partial charge in [0, 0.05) is 20.2 Å². The maximum Gasteiger partial charge on any atom is 0.255 e. The highest BCUT2D eigenvalue weighted by molar-refractivity contribution is 7.89. The Bertz CT molecular complexity index is 395. The van der Waals surface area contributed by atoms with Gasteiger partial charge in [0.15, 0.2) is 5.03 Å². The Balaban J connectivity index is 3.11. The van der Waals surface area contributed by atoms with Crippen LogP contribution in [0.15, 0.2) is 11.1 Å². The number of primary sulfonamides is 1. The van der Waals surface area contributed by atoms with E-state index in [1.54, 1.807) is 0 Å². The van der Waals surface area contributed by atoms with Gasteiger partial charge in [-0.15, -0.1) is 0 Å². The molecule has 0 amide bonds. The molecule has 1 aromatic rings. The number of sulfonamides is 1. The second-order valence-corrected chi connectivity index (χ2v) is 4.08. The first-order valence-electron chi connectivity index (χ1n) is 3.50. The van der Waals surface area contributed by atoms with E-state index in [0.717, 1.165) is 0 Å². The molecule has 0 aliphatic rings. The summed E-state index contributed by atoms with van der Waals surface area (Å²) in [6.07, 6.45) is 0. The third kappa shape index (κ3) is 2.27. The predicted molar refractivity (Wildman–Crippen MR) is 45.3 cm³/mol. The molecular formula is C6H11N3O3S. The Hall–Kier alpha value is -0.920. The van der Waals surface area contributed by atoms with Crippen LogP contribution in [0.3, 0.4) is 0 Å². The molecule has 0 spiro atoms. The first kappa shape index (κ1) is 10.2. The summed E-state index contributed by atoms with van der Waals surface area (Å²) >= 11 is 0. The quantitative estimate of drug-likeness (QED) is 0.700. The Labute approximate surface area is 76.3 Å². The van der Waals surface area contributed by atoms with Crippen molar-refractivity contribution < 1.29 is 13.2 Å². The predicted octanol–water partition coefficient (Wildman–Crippen LogP) is -0.786. The van der Waals surface area contributed by atoms with Crippen LogP contribution in [0.4, 0.5) is 0 Å². The van der Waals surface area contributed by atoms with E-state index in [4.69, 9.17) is 9.88 Å². The van der Waals surface area contributed by atoms with Crippen molar-refractivity contribution in [1.29, 1.82) is 0 Å². The maximum absolute atomic E-state index is 10.9. The fraction of sp³-hybridized carbons (Fsp3) is 0.500. The summed E-state index contributed by atoms with van der Waals surface area (Å²) in [6, 6.07) is 1.39. The van der Waals surface area contributed by atoms with Gasteiger partial charge in [-0.3, -0.25) is 4.68 Å². The Morgan fingerprint density at radius 3 is 2.69 bits per heavy atom. The van der Waals surface area contributed by atoms with Gasteiger partial charge in [-0.2, -0.15) is 5.10 Å². The summed E-state index contributed by atoms with van der Waals surface area (Å²) in [4.78, 5) is 0. The maximum atomic E-state index is 10.9. The molecule has 0 saturated heterocycles. The lowest BCUT2D eigenvalue weighted by Crippen LogP contribution is -2.16. The van der Waals surface area contributed by atoms with Crippen molar-refractivity contribution >= 4 is 10.0 Å². The van der Waals surface area contributed by atoms with E-state index in [1.807, 2.05) is 0 Å². The molecule has 74 valence electrons. The van der Waals surface area contributed by atoms with E-state index in [0.29, 0.717) is 5.69 Å². The number of aryl methyl sites for hydroxylation is 1.